The molecule has 0 fully saturated rings. The molecule has 3 nitrogen and oxygen atoms in total. The van der Waals surface area contributed by atoms with Crippen LogP contribution < -0.4 is 10.1 Å². The first-order valence-corrected chi connectivity index (χ1v) is 14.2. The van der Waals surface area contributed by atoms with Gasteiger partial charge in [0, 0.05) is 20.1 Å². The number of aliphatic hydroxyl groups is 1. The summed E-state index contributed by atoms with van der Waals surface area (Å²) in [7, 11) is 4.74. The number of aliphatic hydroxyl groups excluding tert-OH is 1. The third kappa shape index (κ3) is 7.51. The third-order valence-corrected chi connectivity index (χ3v) is 7.54. The molecule has 0 aliphatic heterocycles. The van der Waals surface area contributed by atoms with Gasteiger partial charge in [-0.25, -0.2) is 0 Å². The Morgan fingerprint density at radius 3 is 2.43 bits per heavy atom. The Bertz CT molecular complexity index is 1050. The van der Waals surface area contributed by atoms with Crippen LogP contribution in [0, 0.1) is 5.92 Å². The smallest absolute Gasteiger partial charge is 0.142 e. The number of nitrogens with one attached hydrogen (secondary N) is 1. The molecule has 0 saturated heterocycles. The van der Waals surface area contributed by atoms with Crippen LogP contribution in [0.3, 0.4) is 0 Å². The number of hydrogen-bond acceptors (Lipinski definition) is 3. The molecule has 2 N–H and O–H groups in total. The fraction of sp³-hybridized carbons (Fsp3) is 0.529. The van der Waals surface area contributed by atoms with E-state index >= 15 is 0 Å². The number of methoxy groups -OCH3 is 1. The van der Waals surface area contributed by atoms with E-state index in [9.17, 15) is 0 Å². The Labute approximate surface area is 227 Å². The largest absolute Gasteiger partial charge is 0.495 e. The van der Waals surface area contributed by atoms with Crippen LogP contribution in [-0.2, 0) is 0 Å². The molecule has 1 unspecified atom stereocenters. The standard InChI is InChI=1S/C33H47NO.CH4O/c1-8-14-25-17-11-12-18-26(15-9-2)32(25)33(27-20-21-29(34-6)30(22-27)35-7)31(23(3)4)28-19-13-10-16-24(28)5;1-2/h11,15,17,20-22,25,34H,8-10,12-14,16,18-19H2,1-7H3;2H,1H3/b26-15+,33-32-;. The van der Waals surface area contributed by atoms with E-state index in [-0.39, 0.29) is 0 Å². The summed E-state index contributed by atoms with van der Waals surface area (Å²) >= 11 is 0. The molecule has 37 heavy (non-hydrogen) atoms. The highest BCUT2D eigenvalue weighted by Crippen LogP contribution is 2.47. The molecule has 1 aromatic rings. The fourth-order valence-electron chi connectivity index (χ4n) is 5.91. The highest BCUT2D eigenvalue weighted by Gasteiger charge is 2.28. The maximum atomic E-state index is 7.00. The Kier molecular flexibility index (Phi) is 13.0. The molecule has 3 rings (SSSR count). The van der Waals surface area contributed by atoms with Crippen molar-refractivity contribution >= 4 is 11.3 Å². The van der Waals surface area contributed by atoms with E-state index in [2.05, 4.69) is 76.4 Å². The summed E-state index contributed by atoms with van der Waals surface area (Å²) in [5.41, 5.74) is 12.9. The minimum absolute atomic E-state index is 0.434. The summed E-state index contributed by atoms with van der Waals surface area (Å²) in [6, 6.07) is 6.75. The Balaban J connectivity index is 0.00000235. The highest BCUT2D eigenvalue weighted by molar-refractivity contribution is 5.90. The predicted molar refractivity (Wildman–Crippen MR) is 162 cm³/mol. The van der Waals surface area contributed by atoms with Gasteiger partial charge in [-0.2, -0.15) is 0 Å². The predicted octanol–water partition coefficient (Wildman–Crippen LogP) is 9.43. The van der Waals surface area contributed by atoms with Crippen LogP contribution in [0.2, 0.25) is 0 Å². The first kappa shape index (κ1) is 30.7. The average Bonchev–Trinajstić information content (AvgIpc) is 3.10. The molecular formula is C34H51NO2. The van der Waals surface area contributed by atoms with Gasteiger partial charge < -0.3 is 15.2 Å². The molecule has 2 aliphatic rings. The van der Waals surface area contributed by atoms with Crippen molar-refractivity contribution in [1.29, 1.82) is 0 Å². The van der Waals surface area contributed by atoms with E-state index < -0.39 is 0 Å². The number of anilines is 1. The SMILES string of the molecule is CC/C=C1\CCC=CC(CCC)\C1=C(\C(=C(C)C)C1=C(C)CCCC1)c1ccc(NC)c(OC)c1.CO. The monoisotopic (exact) mass is 505 g/mol. The Hall–Kier alpha value is -2.52. The number of allylic oxidation sites excluding steroid dienone is 10. The molecule has 204 valence electrons. The van der Waals surface area contributed by atoms with Gasteiger partial charge in [0.1, 0.15) is 5.75 Å². The fourth-order valence-corrected chi connectivity index (χ4v) is 5.91. The zero-order chi connectivity index (χ0) is 27.4. The molecule has 2 aliphatic carbocycles. The minimum Gasteiger partial charge on any atom is -0.495 e. The molecular weight excluding hydrogens is 454 g/mol. The van der Waals surface area contributed by atoms with Crippen LogP contribution in [-0.4, -0.2) is 26.4 Å². The molecule has 3 heteroatoms. The van der Waals surface area contributed by atoms with Gasteiger partial charge in [0.15, 0.2) is 0 Å². The second kappa shape index (κ2) is 15.7. The highest BCUT2D eigenvalue weighted by atomic mass is 16.5. The summed E-state index contributed by atoms with van der Waals surface area (Å²) in [5, 5.41) is 10.3. The van der Waals surface area contributed by atoms with Crippen molar-refractivity contribution in [3.05, 3.63) is 75.4 Å². The van der Waals surface area contributed by atoms with Gasteiger partial charge in [-0.15, -0.1) is 0 Å². The molecule has 0 bridgehead atoms. The van der Waals surface area contributed by atoms with Crippen LogP contribution in [0.4, 0.5) is 5.69 Å². The van der Waals surface area contributed by atoms with E-state index in [1.54, 1.807) is 23.8 Å². The molecule has 0 amide bonds. The van der Waals surface area contributed by atoms with Crippen molar-refractivity contribution in [2.24, 2.45) is 5.92 Å². The summed E-state index contributed by atoms with van der Waals surface area (Å²) in [6.45, 7) is 11.6. The van der Waals surface area contributed by atoms with Crippen LogP contribution in [0.15, 0.2) is 69.9 Å². The van der Waals surface area contributed by atoms with Gasteiger partial charge >= 0.3 is 0 Å². The van der Waals surface area contributed by atoms with Crippen LogP contribution >= 0.6 is 0 Å². The van der Waals surface area contributed by atoms with Crippen molar-refractivity contribution in [2.45, 2.75) is 92.4 Å². The van der Waals surface area contributed by atoms with Crippen molar-refractivity contribution in [3.8, 4) is 5.75 Å². The second-order valence-electron chi connectivity index (χ2n) is 10.3. The first-order chi connectivity index (χ1) is 18.0. The van der Waals surface area contributed by atoms with Crippen molar-refractivity contribution in [1.82, 2.24) is 0 Å². The lowest BCUT2D eigenvalue weighted by Crippen LogP contribution is -2.12. The zero-order valence-corrected chi connectivity index (χ0v) is 24.8. The number of benzene rings is 1. The van der Waals surface area contributed by atoms with E-state index in [0.717, 1.165) is 37.8 Å². The molecule has 1 aromatic carbocycles. The Morgan fingerprint density at radius 2 is 1.84 bits per heavy atom. The molecule has 0 saturated carbocycles. The van der Waals surface area contributed by atoms with Gasteiger partial charge in [-0.1, -0.05) is 55.7 Å². The zero-order valence-electron chi connectivity index (χ0n) is 24.8. The normalized spacial score (nSPS) is 20.1. The van der Waals surface area contributed by atoms with E-state index in [0.29, 0.717) is 5.92 Å². The summed E-state index contributed by atoms with van der Waals surface area (Å²) in [5.74, 6) is 1.34. The van der Waals surface area contributed by atoms with Gasteiger partial charge in [0.05, 0.1) is 12.8 Å². The maximum absolute atomic E-state index is 7.00. The lowest BCUT2D eigenvalue weighted by atomic mass is 9.75. The van der Waals surface area contributed by atoms with Crippen molar-refractivity contribution in [2.75, 3.05) is 26.6 Å². The second-order valence-corrected chi connectivity index (χ2v) is 10.3. The van der Waals surface area contributed by atoms with Crippen molar-refractivity contribution in [3.63, 3.8) is 0 Å². The lowest BCUT2D eigenvalue weighted by Gasteiger charge is -2.30. The van der Waals surface area contributed by atoms with Gasteiger partial charge in [-0.05, 0) is 118 Å². The first-order valence-electron chi connectivity index (χ1n) is 14.2. The van der Waals surface area contributed by atoms with Crippen LogP contribution in [0.25, 0.3) is 5.57 Å². The Morgan fingerprint density at radius 1 is 1.11 bits per heavy atom. The quantitative estimate of drug-likeness (QED) is 0.346. The molecule has 1 atom stereocenters. The van der Waals surface area contributed by atoms with Gasteiger partial charge in [0.25, 0.3) is 0 Å². The molecule has 0 spiro atoms. The molecule has 0 aromatic heterocycles. The van der Waals surface area contributed by atoms with Crippen molar-refractivity contribution < 1.29 is 9.84 Å². The van der Waals surface area contributed by atoms with Gasteiger partial charge in [0.2, 0.25) is 0 Å². The van der Waals surface area contributed by atoms with E-state index in [1.165, 1.54) is 66.4 Å². The van der Waals surface area contributed by atoms with Crippen LogP contribution in [0.1, 0.15) is 98.0 Å². The summed E-state index contributed by atoms with van der Waals surface area (Å²) in [6.07, 6.45) is 18.1. The molecule has 0 heterocycles. The number of rotatable bonds is 8. The third-order valence-electron chi connectivity index (χ3n) is 7.54. The van der Waals surface area contributed by atoms with Crippen LogP contribution in [0.5, 0.6) is 5.75 Å². The minimum atomic E-state index is 0.434. The molecule has 0 radical (unpaired) electrons. The van der Waals surface area contributed by atoms with E-state index in [4.69, 9.17) is 9.84 Å². The average molecular weight is 506 g/mol. The van der Waals surface area contributed by atoms with E-state index in [1.807, 2.05) is 7.05 Å². The van der Waals surface area contributed by atoms with Gasteiger partial charge in [-0.3, -0.25) is 0 Å². The summed E-state index contributed by atoms with van der Waals surface area (Å²) in [4.78, 5) is 0. The topological polar surface area (TPSA) is 41.5 Å². The number of hydrogen-bond donors (Lipinski definition) is 2. The summed E-state index contributed by atoms with van der Waals surface area (Å²) < 4.78 is 5.85. The lowest BCUT2D eigenvalue weighted by molar-refractivity contribution is 0.399. The number of ether oxygens (including phenoxy) is 1. The maximum Gasteiger partial charge on any atom is 0.142 e.